The summed E-state index contributed by atoms with van der Waals surface area (Å²) in [6.45, 7) is 8.60. The molecule has 2 aromatic carbocycles. The molecule has 0 saturated carbocycles. The molecule has 5 nitrogen and oxygen atoms in total. The van der Waals surface area contributed by atoms with Crippen molar-refractivity contribution in [3.05, 3.63) is 65.4 Å². The van der Waals surface area contributed by atoms with E-state index in [-0.39, 0.29) is 6.10 Å². The maximum atomic E-state index is 13.9. The number of ether oxygens (including phenoxy) is 1. The molecule has 0 unspecified atom stereocenters. The number of para-hydroxylation sites is 1. The number of rotatable bonds is 4. The molecule has 5 rings (SSSR count). The molecule has 1 aromatic heterocycles. The van der Waals surface area contributed by atoms with Gasteiger partial charge in [-0.1, -0.05) is 24.3 Å². The van der Waals surface area contributed by atoms with Gasteiger partial charge < -0.3 is 15.0 Å². The summed E-state index contributed by atoms with van der Waals surface area (Å²) in [6, 6.07) is 18.1. The van der Waals surface area contributed by atoms with Crippen molar-refractivity contribution in [3.8, 4) is 11.8 Å². The Labute approximate surface area is 189 Å². The third-order valence-corrected chi connectivity index (χ3v) is 5.98. The second-order valence-electron chi connectivity index (χ2n) is 9.34. The summed E-state index contributed by atoms with van der Waals surface area (Å²) in [6.07, 6.45) is 1.27. The minimum Gasteiger partial charge on any atom is -0.488 e. The van der Waals surface area contributed by atoms with Crippen molar-refractivity contribution in [1.29, 1.82) is 5.26 Å². The summed E-state index contributed by atoms with van der Waals surface area (Å²) in [4.78, 5) is 5.72. The van der Waals surface area contributed by atoms with Gasteiger partial charge in [-0.2, -0.15) is 5.26 Å². The highest BCUT2D eigenvalue weighted by molar-refractivity contribution is 5.84. The molecule has 1 fully saturated rings. The van der Waals surface area contributed by atoms with Crippen LogP contribution in [-0.2, 0) is 13.0 Å². The number of aromatic nitrogens is 1. The van der Waals surface area contributed by atoms with Crippen LogP contribution in [0.3, 0.4) is 0 Å². The Balaban J connectivity index is 0.000000165. The predicted octanol–water partition coefficient (Wildman–Crippen LogP) is 4.57. The summed E-state index contributed by atoms with van der Waals surface area (Å²) >= 11 is 0. The topological polar surface area (TPSA) is 64.1 Å². The van der Waals surface area contributed by atoms with E-state index in [0.717, 1.165) is 31.8 Å². The number of alkyl halides is 1. The molecule has 1 saturated heterocycles. The Morgan fingerprint density at radius 2 is 1.97 bits per heavy atom. The summed E-state index contributed by atoms with van der Waals surface area (Å²) < 4.78 is 19.5. The second kappa shape index (κ2) is 9.32. The van der Waals surface area contributed by atoms with Gasteiger partial charge in [-0.15, -0.1) is 0 Å². The third-order valence-electron chi connectivity index (χ3n) is 5.98. The lowest BCUT2D eigenvalue weighted by atomic mass is 9.96. The number of hydrogen-bond donors (Lipinski definition) is 2. The van der Waals surface area contributed by atoms with E-state index in [9.17, 15) is 4.39 Å². The first-order valence-electron chi connectivity index (χ1n) is 11.2. The molecule has 0 amide bonds. The number of benzene rings is 2. The Morgan fingerprint density at radius 1 is 1.19 bits per heavy atom. The van der Waals surface area contributed by atoms with E-state index in [1.54, 1.807) is 26.0 Å². The first kappa shape index (κ1) is 22.3. The van der Waals surface area contributed by atoms with Crippen LogP contribution in [0.4, 0.5) is 4.39 Å². The van der Waals surface area contributed by atoms with Crippen molar-refractivity contribution >= 4 is 10.9 Å². The van der Waals surface area contributed by atoms with E-state index in [4.69, 9.17) is 10.00 Å². The first-order chi connectivity index (χ1) is 15.3. The maximum Gasteiger partial charge on any atom is 0.123 e. The number of fused-ring (bicyclic) bond motifs is 3. The van der Waals surface area contributed by atoms with Gasteiger partial charge in [0, 0.05) is 48.8 Å². The van der Waals surface area contributed by atoms with Crippen LogP contribution >= 0.6 is 0 Å². The number of hydrogen-bond acceptors (Lipinski definition) is 4. The molecule has 0 radical (unpaired) electrons. The quantitative estimate of drug-likeness (QED) is 0.631. The lowest BCUT2D eigenvalue weighted by molar-refractivity contribution is 0.0853. The van der Waals surface area contributed by atoms with Gasteiger partial charge >= 0.3 is 0 Å². The van der Waals surface area contributed by atoms with Crippen molar-refractivity contribution in [2.75, 3.05) is 19.6 Å². The van der Waals surface area contributed by atoms with Gasteiger partial charge in [0.1, 0.15) is 17.5 Å². The molecular formula is C26H31FN4O. The lowest BCUT2D eigenvalue weighted by Gasteiger charge is -2.36. The van der Waals surface area contributed by atoms with E-state index in [0.29, 0.717) is 18.2 Å². The summed E-state index contributed by atoms with van der Waals surface area (Å²) in [5.74, 6) is 0.783. The largest absolute Gasteiger partial charge is 0.488 e. The number of aromatic amines is 1. The molecule has 3 heterocycles. The molecule has 0 bridgehead atoms. The Morgan fingerprint density at radius 3 is 2.66 bits per heavy atom. The molecule has 2 aliphatic rings. The summed E-state index contributed by atoms with van der Waals surface area (Å²) in [7, 11) is 0. The van der Waals surface area contributed by atoms with E-state index < -0.39 is 5.67 Å². The van der Waals surface area contributed by atoms with E-state index in [2.05, 4.69) is 52.5 Å². The lowest BCUT2D eigenvalue weighted by Crippen LogP contribution is -2.50. The van der Waals surface area contributed by atoms with Crippen LogP contribution in [0.5, 0.6) is 5.75 Å². The highest BCUT2D eigenvalue weighted by Gasteiger charge is 2.30. The van der Waals surface area contributed by atoms with Crippen molar-refractivity contribution in [2.45, 2.75) is 51.6 Å². The maximum absolute atomic E-state index is 13.9. The minimum atomic E-state index is -1.14. The van der Waals surface area contributed by atoms with E-state index >= 15 is 0 Å². The average Bonchev–Trinajstić information content (AvgIpc) is 3.08. The van der Waals surface area contributed by atoms with E-state index in [1.165, 1.54) is 22.2 Å². The first-order valence-corrected chi connectivity index (χ1v) is 11.2. The normalized spacial score (nSPS) is 18.8. The van der Waals surface area contributed by atoms with Crippen LogP contribution < -0.4 is 10.1 Å². The molecular weight excluding hydrogens is 403 g/mol. The highest BCUT2D eigenvalue weighted by atomic mass is 19.1. The third kappa shape index (κ3) is 5.29. The van der Waals surface area contributed by atoms with Gasteiger partial charge in [0.05, 0.1) is 11.6 Å². The molecule has 2 aliphatic heterocycles. The van der Waals surface area contributed by atoms with Gasteiger partial charge in [0.15, 0.2) is 0 Å². The molecule has 2 N–H and O–H groups in total. The summed E-state index contributed by atoms with van der Waals surface area (Å²) in [5.41, 5.74) is 3.36. The molecule has 168 valence electrons. The number of nitrogens with zero attached hydrogens (tertiary/aromatic N) is 2. The fraction of sp³-hybridized carbons (Fsp3) is 0.423. The number of nitrogens with one attached hydrogen (secondary N) is 2. The monoisotopic (exact) mass is 434 g/mol. The summed E-state index contributed by atoms with van der Waals surface area (Å²) in [5, 5.41) is 13.1. The van der Waals surface area contributed by atoms with Gasteiger partial charge in [-0.05, 0) is 57.0 Å². The zero-order valence-electron chi connectivity index (χ0n) is 19.0. The Hall–Kier alpha value is -2.88. The van der Waals surface area contributed by atoms with Crippen LogP contribution in [0.25, 0.3) is 10.9 Å². The highest BCUT2D eigenvalue weighted by Crippen LogP contribution is 2.31. The molecule has 32 heavy (non-hydrogen) atoms. The van der Waals surface area contributed by atoms with Gasteiger partial charge in [-0.3, -0.25) is 4.90 Å². The van der Waals surface area contributed by atoms with Gasteiger partial charge in [-0.25, -0.2) is 4.39 Å². The molecule has 6 heteroatoms. The second-order valence-corrected chi connectivity index (χ2v) is 9.34. The minimum absolute atomic E-state index is 0.272. The van der Waals surface area contributed by atoms with Crippen molar-refractivity contribution in [2.24, 2.45) is 0 Å². The van der Waals surface area contributed by atoms with Gasteiger partial charge in [0.25, 0.3) is 0 Å². The van der Waals surface area contributed by atoms with Crippen LogP contribution in [0.1, 0.15) is 37.6 Å². The SMILES string of the molecule is C[C@@H]1Cc2c([nH]c3ccccc23)CN1CC(C)(C)F.N#Cc1cccc(OC2CNC2)c1. The molecule has 0 spiro atoms. The van der Waals surface area contributed by atoms with Crippen LogP contribution in [0, 0.1) is 11.3 Å². The fourth-order valence-electron chi connectivity index (χ4n) is 4.28. The number of halogens is 1. The zero-order chi connectivity index (χ0) is 22.7. The van der Waals surface area contributed by atoms with Crippen molar-refractivity contribution in [1.82, 2.24) is 15.2 Å². The van der Waals surface area contributed by atoms with Gasteiger partial charge in [0.2, 0.25) is 0 Å². The Kier molecular flexibility index (Phi) is 6.50. The standard InChI is InChI=1S/C16H21FN2.C10H10N2O/c1-11-8-13-12-6-4-5-7-14(12)18-15(13)9-19(11)10-16(2,3)17;11-5-8-2-1-3-9(4-8)13-10-6-12-7-10/h4-7,11,18H,8-10H2,1-3H3;1-4,10,12H,6-7H2/t11-;/m1./s1. The number of H-pyrrole nitrogens is 1. The molecule has 1 atom stereocenters. The average molecular weight is 435 g/mol. The van der Waals surface area contributed by atoms with Crippen LogP contribution in [-0.4, -0.2) is 47.3 Å². The van der Waals surface area contributed by atoms with Crippen LogP contribution in [0.15, 0.2) is 48.5 Å². The van der Waals surface area contributed by atoms with E-state index in [1.807, 2.05) is 12.1 Å². The number of nitriles is 1. The molecule has 3 aromatic rings. The Bertz CT molecular complexity index is 1110. The van der Waals surface area contributed by atoms with Crippen molar-refractivity contribution in [3.63, 3.8) is 0 Å². The van der Waals surface area contributed by atoms with Crippen LogP contribution in [0.2, 0.25) is 0 Å². The smallest absolute Gasteiger partial charge is 0.123 e. The fourth-order valence-corrected chi connectivity index (χ4v) is 4.28. The molecule has 0 aliphatic carbocycles. The zero-order valence-corrected chi connectivity index (χ0v) is 19.0. The predicted molar refractivity (Wildman–Crippen MR) is 126 cm³/mol. The van der Waals surface area contributed by atoms with Crippen molar-refractivity contribution < 1.29 is 9.13 Å².